The van der Waals surface area contributed by atoms with E-state index >= 15 is 0 Å². The number of rotatable bonds is 5. The van der Waals surface area contributed by atoms with Crippen LogP contribution in [0.25, 0.3) is 16.9 Å². The Balaban J connectivity index is 1.32. The second-order valence-electron chi connectivity index (χ2n) is 8.99. The average molecular weight is 457 g/mol. The molecule has 9 heteroatoms. The number of fused-ring (bicyclic) bond motifs is 1. The van der Waals surface area contributed by atoms with E-state index in [2.05, 4.69) is 25.1 Å². The van der Waals surface area contributed by atoms with E-state index in [-0.39, 0.29) is 5.75 Å². The maximum Gasteiger partial charge on any atom is 0.229 e. The van der Waals surface area contributed by atoms with Crippen molar-refractivity contribution in [2.75, 3.05) is 41.3 Å². The lowest BCUT2D eigenvalue weighted by Crippen LogP contribution is -2.47. The van der Waals surface area contributed by atoms with Crippen LogP contribution in [0.2, 0.25) is 0 Å². The van der Waals surface area contributed by atoms with E-state index in [1.807, 2.05) is 41.4 Å². The molecule has 2 N–H and O–H groups in total. The van der Waals surface area contributed by atoms with Crippen molar-refractivity contribution < 1.29 is 5.11 Å². The Morgan fingerprint density at radius 2 is 1.65 bits per heavy atom. The summed E-state index contributed by atoms with van der Waals surface area (Å²) < 4.78 is 1.99. The maximum absolute atomic E-state index is 9.59. The Bertz CT molecular complexity index is 1260. The fourth-order valence-corrected chi connectivity index (χ4v) is 4.91. The minimum Gasteiger partial charge on any atom is -0.508 e. The molecular weight excluding hydrogens is 428 g/mol. The number of piperazine rings is 1. The van der Waals surface area contributed by atoms with Crippen LogP contribution in [0.3, 0.4) is 0 Å². The molecule has 6 rings (SSSR count). The summed E-state index contributed by atoms with van der Waals surface area (Å²) in [6, 6.07) is 11.8. The first-order valence-electron chi connectivity index (χ1n) is 12.0. The minimum absolute atomic E-state index is 0.289. The summed E-state index contributed by atoms with van der Waals surface area (Å²) in [5.74, 6) is 1.83. The molecule has 4 heterocycles. The normalized spacial score (nSPS) is 16.9. The van der Waals surface area contributed by atoms with Gasteiger partial charge < -0.3 is 20.2 Å². The number of nitrogens with one attached hydrogen (secondary N) is 1. The summed E-state index contributed by atoms with van der Waals surface area (Å²) in [6.45, 7) is 3.35. The van der Waals surface area contributed by atoms with Gasteiger partial charge in [0.15, 0.2) is 17.0 Å². The Hall–Kier alpha value is -3.88. The van der Waals surface area contributed by atoms with E-state index in [4.69, 9.17) is 9.97 Å². The van der Waals surface area contributed by atoms with E-state index in [0.717, 1.165) is 73.3 Å². The molecule has 0 spiro atoms. The number of nitrogens with zero attached hydrogens (tertiary/aromatic N) is 7. The zero-order chi connectivity index (χ0) is 22.9. The molecule has 3 aromatic heterocycles. The van der Waals surface area contributed by atoms with Crippen molar-refractivity contribution in [3.8, 4) is 11.4 Å². The molecular formula is C25H28N8O. The molecule has 1 aliphatic heterocycles. The summed E-state index contributed by atoms with van der Waals surface area (Å²) in [7, 11) is 0. The molecule has 0 atom stereocenters. The first-order chi connectivity index (χ1) is 16.7. The van der Waals surface area contributed by atoms with E-state index in [0.29, 0.717) is 6.04 Å². The lowest BCUT2D eigenvalue weighted by molar-refractivity contribution is 0.475. The minimum atomic E-state index is 0.289. The van der Waals surface area contributed by atoms with Crippen molar-refractivity contribution in [3.63, 3.8) is 0 Å². The second kappa shape index (κ2) is 8.81. The van der Waals surface area contributed by atoms with E-state index in [1.165, 1.54) is 12.8 Å². The van der Waals surface area contributed by atoms with Gasteiger partial charge in [-0.1, -0.05) is 12.8 Å². The number of aromatic nitrogens is 5. The number of hydrogen-bond donors (Lipinski definition) is 2. The third-order valence-electron chi connectivity index (χ3n) is 6.78. The Labute approximate surface area is 198 Å². The largest absolute Gasteiger partial charge is 0.508 e. The molecule has 0 amide bonds. The van der Waals surface area contributed by atoms with Crippen LogP contribution in [0.4, 0.5) is 17.5 Å². The number of phenolic OH excluding ortho intramolecular Hbond substituents is 1. The van der Waals surface area contributed by atoms with Gasteiger partial charge in [0, 0.05) is 44.1 Å². The number of phenols is 1. The molecule has 0 unspecified atom stereocenters. The quantitative estimate of drug-likeness (QED) is 0.470. The van der Waals surface area contributed by atoms with Gasteiger partial charge in [0.1, 0.15) is 12.1 Å². The molecule has 9 nitrogen and oxygen atoms in total. The van der Waals surface area contributed by atoms with E-state index in [9.17, 15) is 5.11 Å². The summed E-state index contributed by atoms with van der Waals surface area (Å²) >= 11 is 0. The summed E-state index contributed by atoms with van der Waals surface area (Å²) in [4.78, 5) is 23.5. The monoisotopic (exact) mass is 456 g/mol. The highest BCUT2D eigenvalue weighted by molar-refractivity contribution is 5.85. The van der Waals surface area contributed by atoms with Crippen molar-refractivity contribution in [2.45, 2.75) is 31.7 Å². The molecule has 1 aliphatic carbocycles. The number of imidazole rings is 1. The van der Waals surface area contributed by atoms with Gasteiger partial charge in [0.25, 0.3) is 0 Å². The Kier molecular flexibility index (Phi) is 5.37. The molecule has 174 valence electrons. The van der Waals surface area contributed by atoms with Crippen LogP contribution in [-0.2, 0) is 0 Å². The zero-order valence-electron chi connectivity index (χ0n) is 19.0. The Morgan fingerprint density at radius 1 is 0.882 bits per heavy atom. The van der Waals surface area contributed by atoms with E-state index < -0.39 is 0 Å². The van der Waals surface area contributed by atoms with Crippen molar-refractivity contribution in [3.05, 3.63) is 55.1 Å². The summed E-state index contributed by atoms with van der Waals surface area (Å²) in [6.07, 6.45) is 10.2. The third kappa shape index (κ3) is 3.98. The number of aromatic hydroxyl groups is 1. The lowest BCUT2D eigenvalue weighted by Gasteiger charge is -2.36. The predicted molar refractivity (Wildman–Crippen MR) is 133 cm³/mol. The molecule has 2 fully saturated rings. The van der Waals surface area contributed by atoms with E-state index in [1.54, 1.807) is 18.3 Å². The molecule has 1 aromatic carbocycles. The van der Waals surface area contributed by atoms with Crippen molar-refractivity contribution in [2.24, 2.45) is 0 Å². The smallest absolute Gasteiger partial charge is 0.229 e. The number of anilines is 3. The lowest BCUT2D eigenvalue weighted by atomic mass is 10.2. The molecule has 0 bridgehead atoms. The first kappa shape index (κ1) is 20.7. The Morgan fingerprint density at radius 3 is 2.38 bits per heavy atom. The van der Waals surface area contributed by atoms with Gasteiger partial charge in [-0.3, -0.25) is 9.55 Å². The predicted octanol–water partition coefficient (Wildman–Crippen LogP) is 3.60. The van der Waals surface area contributed by atoms with Crippen LogP contribution in [0.1, 0.15) is 25.7 Å². The molecule has 1 saturated carbocycles. The first-order valence-corrected chi connectivity index (χ1v) is 12.0. The number of hydrogen-bond acceptors (Lipinski definition) is 8. The summed E-state index contributed by atoms with van der Waals surface area (Å²) in [5.41, 5.74) is 3.63. The fourth-order valence-electron chi connectivity index (χ4n) is 4.91. The molecule has 34 heavy (non-hydrogen) atoms. The fraction of sp³-hybridized carbons (Fsp3) is 0.360. The number of benzene rings is 1. The molecule has 1 saturated heterocycles. The zero-order valence-corrected chi connectivity index (χ0v) is 19.0. The highest BCUT2D eigenvalue weighted by atomic mass is 16.3. The third-order valence-corrected chi connectivity index (χ3v) is 6.78. The highest BCUT2D eigenvalue weighted by Gasteiger charge is 2.24. The van der Waals surface area contributed by atoms with Gasteiger partial charge >= 0.3 is 0 Å². The van der Waals surface area contributed by atoms with Crippen molar-refractivity contribution >= 4 is 28.6 Å². The topological polar surface area (TPSA) is 95.2 Å². The van der Waals surface area contributed by atoms with Crippen molar-refractivity contribution in [1.82, 2.24) is 24.5 Å². The van der Waals surface area contributed by atoms with Crippen LogP contribution in [0, 0.1) is 0 Å². The molecule has 0 radical (unpaired) electrons. The van der Waals surface area contributed by atoms with Gasteiger partial charge in [-0.25, -0.2) is 4.98 Å². The van der Waals surface area contributed by atoms with Gasteiger partial charge in [0.2, 0.25) is 5.95 Å². The maximum atomic E-state index is 9.59. The average Bonchev–Trinajstić information content (AvgIpc) is 3.55. The van der Waals surface area contributed by atoms with Gasteiger partial charge in [0.05, 0.1) is 11.9 Å². The van der Waals surface area contributed by atoms with Crippen LogP contribution in [0.15, 0.2) is 55.1 Å². The van der Waals surface area contributed by atoms with Gasteiger partial charge in [-0.2, -0.15) is 9.97 Å². The van der Waals surface area contributed by atoms with Crippen molar-refractivity contribution in [1.29, 1.82) is 0 Å². The molecule has 2 aliphatic rings. The van der Waals surface area contributed by atoms with Gasteiger partial charge in [-0.15, -0.1) is 0 Å². The molecule has 4 aromatic rings. The van der Waals surface area contributed by atoms with Crippen LogP contribution in [-0.4, -0.2) is 61.8 Å². The number of pyridine rings is 1. The highest BCUT2D eigenvalue weighted by Crippen LogP contribution is 2.29. The SMILES string of the molecule is Oc1ccc(N2CCN(c3nc(NC4CCCC4)c4ncn(-c5cccnc5)c4n3)CC2)cc1. The van der Waals surface area contributed by atoms with Crippen LogP contribution < -0.4 is 15.1 Å². The summed E-state index contributed by atoms with van der Waals surface area (Å²) in [5, 5.41) is 13.3. The van der Waals surface area contributed by atoms with Crippen LogP contribution in [0.5, 0.6) is 5.75 Å². The van der Waals surface area contributed by atoms with Gasteiger partial charge in [-0.05, 0) is 49.2 Å². The van der Waals surface area contributed by atoms with Crippen LogP contribution >= 0.6 is 0 Å². The standard InChI is InChI=1S/C25H28N8O/c34-21-9-7-19(8-10-21)31-12-14-32(15-13-31)25-29-23(28-18-4-1-2-5-18)22-24(30-25)33(17-27-22)20-6-3-11-26-16-20/h3,6-11,16-18,34H,1-2,4-5,12-15H2,(H,28,29,30). The second-order valence-corrected chi connectivity index (χ2v) is 8.99.